The summed E-state index contributed by atoms with van der Waals surface area (Å²) >= 11 is 0. The molecule has 3 nitrogen and oxygen atoms in total. The molecule has 1 aliphatic carbocycles. The predicted octanol–water partition coefficient (Wildman–Crippen LogP) is 1.13. The summed E-state index contributed by atoms with van der Waals surface area (Å²) in [5.74, 6) is 0. The molecule has 0 unspecified atom stereocenters. The largest absolute Gasteiger partial charge is 0.378 e. The summed E-state index contributed by atoms with van der Waals surface area (Å²) in [5.41, 5.74) is 6.89. The second-order valence-corrected chi connectivity index (χ2v) is 3.84. The summed E-state index contributed by atoms with van der Waals surface area (Å²) in [6.07, 6.45) is 7.06. The van der Waals surface area contributed by atoms with Gasteiger partial charge in [0.05, 0.1) is 12.7 Å². The van der Waals surface area contributed by atoms with Gasteiger partial charge in [-0.2, -0.15) is 0 Å². The average molecular weight is 192 g/mol. The average Bonchev–Trinajstić information content (AvgIpc) is 2.17. The lowest BCUT2D eigenvalue weighted by Crippen LogP contribution is -2.41. The van der Waals surface area contributed by atoms with Crippen LogP contribution in [0, 0.1) is 0 Å². The Balaban J connectivity index is 1.64. The molecule has 0 spiro atoms. The van der Waals surface area contributed by atoms with Gasteiger partial charge in [0, 0.05) is 18.4 Å². The Hall–Kier alpha value is -0.930. The molecule has 0 saturated heterocycles. The van der Waals surface area contributed by atoms with Crippen molar-refractivity contribution in [3.05, 3.63) is 30.1 Å². The quantitative estimate of drug-likeness (QED) is 0.778. The van der Waals surface area contributed by atoms with Gasteiger partial charge < -0.3 is 10.5 Å². The fourth-order valence-corrected chi connectivity index (χ4v) is 1.63. The first-order valence-electron chi connectivity index (χ1n) is 5.10. The van der Waals surface area contributed by atoms with Crippen LogP contribution in [0.5, 0.6) is 0 Å². The van der Waals surface area contributed by atoms with Gasteiger partial charge in [-0.3, -0.25) is 4.98 Å². The lowest BCUT2D eigenvalue weighted by molar-refractivity contribution is -0.00664. The molecule has 76 valence electrons. The number of nitrogens with two attached hydrogens (primary N) is 1. The Bertz CT molecular complexity index is 270. The topological polar surface area (TPSA) is 48.1 Å². The van der Waals surface area contributed by atoms with E-state index >= 15 is 0 Å². The molecule has 3 heteroatoms. The standard InChI is InChI=1S/C11H16N2O/c12-10-6-11(7-10)14-5-3-9-2-1-4-13-8-9/h1-2,4,8,10-11H,3,5-7,12H2. The Morgan fingerprint density at radius 3 is 3.00 bits per heavy atom. The maximum absolute atomic E-state index is 5.66. The molecule has 0 radical (unpaired) electrons. The highest BCUT2D eigenvalue weighted by atomic mass is 16.5. The highest BCUT2D eigenvalue weighted by molar-refractivity contribution is 5.08. The van der Waals surface area contributed by atoms with E-state index in [0.29, 0.717) is 12.1 Å². The molecule has 2 N–H and O–H groups in total. The molecule has 1 aromatic rings. The van der Waals surface area contributed by atoms with Crippen LogP contribution in [-0.2, 0) is 11.2 Å². The second kappa shape index (κ2) is 4.53. The highest BCUT2D eigenvalue weighted by Gasteiger charge is 2.26. The van der Waals surface area contributed by atoms with Crippen LogP contribution in [0.25, 0.3) is 0 Å². The molecular weight excluding hydrogens is 176 g/mol. The maximum atomic E-state index is 5.66. The highest BCUT2D eigenvalue weighted by Crippen LogP contribution is 2.21. The fourth-order valence-electron chi connectivity index (χ4n) is 1.63. The number of aromatic nitrogens is 1. The Kier molecular flexibility index (Phi) is 3.11. The Morgan fingerprint density at radius 1 is 1.50 bits per heavy atom. The van der Waals surface area contributed by atoms with Gasteiger partial charge in [0.15, 0.2) is 0 Å². The SMILES string of the molecule is NC1CC(OCCc2cccnc2)C1. The Morgan fingerprint density at radius 2 is 2.36 bits per heavy atom. The summed E-state index contributed by atoms with van der Waals surface area (Å²) in [6, 6.07) is 4.40. The van der Waals surface area contributed by atoms with Crippen molar-refractivity contribution < 1.29 is 4.74 Å². The van der Waals surface area contributed by atoms with Crippen LogP contribution in [0.3, 0.4) is 0 Å². The molecule has 1 fully saturated rings. The van der Waals surface area contributed by atoms with Crippen molar-refractivity contribution in [2.75, 3.05) is 6.61 Å². The molecule has 0 aromatic carbocycles. The van der Waals surface area contributed by atoms with E-state index in [1.807, 2.05) is 12.3 Å². The lowest BCUT2D eigenvalue weighted by atomic mass is 9.90. The number of nitrogens with zero attached hydrogens (tertiary/aromatic N) is 1. The summed E-state index contributed by atoms with van der Waals surface area (Å²) in [4.78, 5) is 4.05. The molecule has 1 heterocycles. The smallest absolute Gasteiger partial charge is 0.0604 e. The summed E-state index contributed by atoms with van der Waals surface area (Å²) < 4.78 is 5.64. The van der Waals surface area contributed by atoms with Gasteiger partial charge in [0.2, 0.25) is 0 Å². The molecule has 2 rings (SSSR count). The van der Waals surface area contributed by atoms with Crippen molar-refractivity contribution in [1.29, 1.82) is 0 Å². The molecule has 1 aliphatic rings. The van der Waals surface area contributed by atoms with E-state index < -0.39 is 0 Å². The van der Waals surface area contributed by atoms with Crippen LogP contribution in [0.1, 0.15) is 18.4 Å². The zero-order valence-electron chi connectivity index (χ0n) is 8.23. The number of rotatable bonds is 4. The van der Waals surface area contributed by atoms with E-state index in [9.17, 15) is 0 Å². The normalized spacial score (nSPS) is 25.8. The first-order chi connectivity index (χ1) is 6.84. The molecule has 14 heavy (non-hydrogen) atoms. The van der Waals surface area contributed by atoms with E-state index in [1.54, 1.807) is 6.20 Å². The van der Waals surface area contributed by atoms with Crippen molar-refractivity contribution in [3.63, 3.8) is 0 Å². The monoisotopic (exact) mass is 192 g/mol. The molecule has 0 bridgehead atoms. The number of hydrogen-bond donors (Lipinski definition) is 1. The van der Waals surface area contributed by atoms with Gasteiger partial charge in [-0.05, 0) is 30.9 Å². The molecule has 1 aromatic heterocycles. The van der Waals surface area contributed by atoms with Gasteiger partial charge in [-0.15, -0.1) is 0 Å². The van der Waals surface area contributed by atoms with E-state index in [0.717, 1.165) is 25.9 Å². The first kappa shape index (κ1) is 9.62. The zero-order valence-corrected chi connectivity index (χ0v) is 8.23. The van der Waals surface area contributed by atoms with Gasteiger partial charge in [0.1, 0.15) is 0 Å². The van der Waals surface area contributed by atoms with E-state index in [4.69, 9.17) is 10.5 Å². The van der Waals surface area contributed by atoms with Crippen LogP contribution < -0.4 is 5.73 Å². The fraction of sp³-hybridized carbons (Fsp3) is 0.545. The third-order valence-electron chi connectivity index (χ3n) is 2.60. The number of hydrogen-bond acceptors (Lipinski definition) is 3. The molecule has 0 amide bonds. The second-order valence-electron chi connectivity index (χ2n) is 3.84. The maximum Gasteiger partial charge on any atom is 0.0604 e. The molecule has 0 atom stereocenters. The third kappa shape index (κ3) is 2.53. The predicted molar refractivity (Wildman–Crippen MR) is 54.9 cm³/mol. The van der Waals surface area contributed by atoms with E-state index in [1.165, 1.54) is 5.56 Å². The lowest BCUT2D eigenvalue weighted by Gasteiger charge is -2.32. The van der Waals surface area contributed by atoms with Crippen LogP contribution in [0.15, 0.2) is 24.5 Å². The Labute approximate surface area is 84.3 Å². The minimum atomic E-state index is 0.374. The van der Waals surface area contributed by atoms with Crippen LogP contribution in [0.2, 0.25) is 0 Å². The minimum Gasteiger partial charge on any atom is -0.378 e. The van der Waals surface area contributed by atoms with Gasteiger partial charge in [-0.25, -0.2) is 0 Å². The van der Waals surface area contributed by atoms with Crippen molar-refractivity contribution in [3.8, 4) is 0 Å². The van der Waals surface area contributed by atoms with Crippen molar-refractivity contribution >= 4 is 0 Å². The van der Waals surface area contributed by atoms with Gasteiger partial charge in [0.25, 0.3) is 0 Å². The van der Waals surface area contributed by atoms with Crippen molar-refractivity contribution in [2.24, 2.45) is 5.73 Å². The summed E-state index contributed by atoms with van der Waals surface area (Å²) in [7, 11) is 0. The summed E-state index contributed by atoms with van der Waals surface area (Å²) in [6.45, 7) is 0.781. The third-order valence-corrected chi connectivity index (χ3v) is 2.60. The van der Waals surface area contributed by atoms with E-state index in [2.05, 4.69) is 11.1 Å². The van der Waals surface area contributed by atoms with Gasteiger partial charge in [-0.1, -0.05) is 6.07 Å². The molecule has 0 aliphatic heterocycles. The summed E-state index contributed by atoms with van der Waals surface area (Å²) in [5, 5.41) is 0. The van der Waals surface area contributed by atoms with Crippen molar-refractivity contribution in [2.45, 2.75) is 31.4 Å². The number of ether oxygens (including phenoxy) is 1. The minimum absolute atomic E-state index is 0.374. The zero-order chi connectivity index (χ0) is 9.80. The van der Waals surface area contributed by atoms with Crippen LogP contribution >= 0.6 is 0 Å². The molecule has 1 saturated carbocycles. The van der Waals surface area contributed by atoms with Gasteiger partial charge >= 0.3 is 0 Å². The van der Waals surface area contributed by atoms with Crippen molar-refractivity contribution in [1.82, 2.24) is 4.98 Å². The number of pyridine rings is 1. The molecular formula is C11H16N2O. The van der Waals surface area contributed by atoms with E-state index in [-0.39, 0.29) is 0 Å². The van der Waals surface area contributed by atoms with Crippen LogP contribution in [-0.4, -0.2) is 23.7 Å². The van der Waals surface area contributed by atoms with Crippen LogP contribution in [0.4, 0.5) is 0 Å². The first-order valence-corrected chi connectivity index (χ1v) is 5.10.